The maximum atomic E-state index is 13.3. The first-order valence-corrected chi connectivity index (χ1v) is 11.9. The van der Waals surface area contributed by atoms with Gasteiger partial charge in [0.15, 0.2) is 0 Å². The molecule has 0 bridgehead atoms. The average Bonchev–Trinajstić information content (AvgIpc) is 2.75. The number of rotatable bonds is 7. The minimum atomic E-state index is -3.24. The van der Waals surface area contributed by atoms with Gasteiger partial charge in [0.25, 0.3) is 0 Å². The second-order valence-corrected chi connectivity index (χ2v) is 9.94. The van der Waals surface area contributed by atoms with Crippen molar-refractivity contribution in [3.05, 3.63) is 71.3 Å². The van der Waals surface area contributed by atoms with E-state index in [1.54, 1.807) is 6.92 Å². The Morgan fingerprint density at radius 2 is 1.66 bits per heavy atom. The minimum absolute atomic E-state index is 0.00849. The van der Waals surface area contributed by atoms with E-state index in [4.69, 9.17) is 0 Å². The summed E-state index contributed by atoms with van der Waals surface area (Å²) in [4.78, 5) is 13.3. The van der Waals surface area contributed by atoms with Gasteiger partial charge in [0.1, 0.15) is 0 Å². The molecule has 0 unspecified atom stereocenters. The lowest BCUT2D eigenvalue weighted by molar-refractivity contribution is -0.128. The summed E-state index contributed by atoms with van der Waals surface area (Å²) < 4.78 is 26.0. The van der Waals surface area contributed by atoms with Crippen molar-refractivity contribution in [2.45, 2.75) is 38.5 Å². The molecule has 0 radical (unpaired) electrons. The lowest BCUT2D eigenvalue weighted by Crippen LogP contribution is -2.53. The van der Waals surface area contributed by atoms with E-state index in [-0.39, 0.29) is 11.7 Å². The summed E-state index contributed by atoms with van der Waals surface area (Å²) in [6, 6.07) is 18.0. The van der Waals surface area contributed by atoms with Gasteiger partial charge in [0, 0.05) is 19.6 Å². The molecule has 2 aromatic rings. The maximum absolute atomic E-state index is 13.3. The summed E-state index contributed by atoms with van der Waals surface area (Å²) in [5, 5.41) is 3.13. The van der Waals surface area contributed by atoms with Gasteiger partial charge in [-0.05, 0) is 49.8 Å². The maximum Gasteiger partial charge on any atom is 0.230 e. The highest BCUT2D eigenvalue weighted by Crippen LogP contribution is 2.36. The first kappa shape index (κ1) is 21.5. The molecule has 0 spiro atoms. The van der Waals surface area contributed by atoms with Crippen LogP contribution in [0.3, 0.4) is 0 Å². The number of piperidine rings is 1. The van der Waals surface area contributed by atoms with Gasteiger partial charge in [-0.3, -0.25) is 4.79 Å². The average molecular weight is 415 g/mol. The molecular weight excluding hydrogens is 384 g/mol. The van der Waals surface area contributed by atoms with Crippen LogP contribution in [-0.2, 0) is 26.7 Å². The first-order valence-electron chi connectivity index (χ1n) is 10.3. The molecule has 2 aromatic carbocycles. The Kier molecular flexibility index (Phi) is 6.75. The SMILES string of the molecule is CCS(=O)(=O)N1CCC(C(=O)NCCc2ccccc2C)(c2ccccc2)CC1. The predicted octanol–water partition coefficient (Wildman–Crippen LogP) is 3.04. The number of amides is 1. The lowest BCUT2D eigenvalue weighted by atomic mass is 9.72. The van der Waals surface area contributed by atoms with Crippen LogP contribution in [0.4, 0.5) is 0 Å². The van der Waals surface area contributed by atoms with Crippen LogP contribution in [0, 0.1) is 6.92 Å². The monoisotopic (exact) mass is 414 g/mol. The fraction of sp³-hybridized carbons (Fsp3) is 0.435. The van der Waals surface area contributed by atoms with Gasteiger partial charge in [0.05, 0.1) is 11.2 Å². The predicted molar refractivity (Wildman–Crippen MR) is 116 cm³/mol. The number of hydrogen-bond donors (Lipinski definition) is 1. The third kappa shape index (κ3) is 4.70. The molecule has 6 heteroatoms. The second kappa shape index (κ2) is 9.09. The molecule has 1 heterocycles. The molecule has 0 aromatic heterocycles. The zero-order chi connectivity index (χ0) is 20.9. The van der Waals surface area contributed by atoms with Crippen LogP contribution in [-0.4, -0.2) is 44.0 Å². The Morgan fingerprint density at radius 3 is 2.28 bits per heavy atom. The number of nitrogens with one attached hydrogen (secondary N) is 1. The standard InChI is InChI=1S/C23H30N2O3S/c1-3-29(27,28)25-17-14-23(15-18-25,21-11-5-4-6-12-21)22(26)24-16-13-20-10-8-7-9-19(20)2/h4-12H,3,13-18H2,1-2H3,(H,24,26). The number of aryl methyl sites for hydroxylation is 1. The van der Waals surface area contributed by atoms with E-state index in [0.29, 0.717) is 32.5 Å². The highest BCUT2D eigenvalue weighted by Gasteiger charge is 2.44. The van der Waals surface area contributed by atoms with E-state index in [9.17, 15) is 13.2 Å². The number of sulfonamides is 1. The zero-order valence-electron chi connectivity index (χ0n) is 17.2. The lowest BCUT2D eigenvalue weighted by Gasteiger charge is -2.40. The molecule has 156 valence electrons. The van der Waals surface area contributed by atoms with E-state index in [1.165, 1.54) is 15.4 Å². The fourth-order valence-electron chi connectivity index (χ4n) is 4.10. The van der Waals surface area contributed by atoms with E-state index >= 15 is 0 Å². The number of hydrogen-bond acceptors (Lipinski definition) is 3. The van der Waals surface area contributed by atoms with Crippen molar-refractivity contribution < 1.29 is 13.2 Å². The molecular formula is C23H30N2O3S. The number of carbonyl (C=O) groups is 1. The third-order valence-corrected chi connectivity index (χ3v) is 7.92. The van der Waals surface area contributed by atoms with Gasteiger partial charge in [0.2, 0.25) is 15.9 Å². The number of carbonyl (C=O) groups excluding carboxylic acids is 1. The summed E-state index contributed by atoms with van der Waals surface area (Å²) in [7, 11) is -3.24. The van der Waals surface area contributed by atoms with Crippen molar-refractivity contribution in [2.75, 3.05) is 25.4 Å². The molecule has 1 saturated heterocycles. The molecule has 5 nitrogen and oxygen atoms in total. The topological polar surface area (TPSA) is 66.5 Å². The van der Waals surface area contributed by atoms with Crippen LogP contribution in [0.5, 0.6) is 0 Å². The van der Waals surface area contributed by atoms with E-state index in [0.717, 1.165) is 12.0 Å². The highest BCUT2D eigenvalue weighted by molar-refractivity contribution is 7.89. The fourth-order valence-corrected chi connectivity index (χ4v) is 5.21. The van der Waals surface area contributed by atoms with Gasteiger partial charge in [-0.2, -0.15) is 0 Å². The molecule has 3 rings (SSSR count). The van der Waals surface area contributed by atoms with Gasteiger partial charge in [-0.15, -0.1) is 0 Å². The molecule has 1 aliphatic rings. The van der Waals surface area contributed by atoms with Crippen LogP contribution < -0.4 is 5.32 Å². The molecule has 0 saturated carbocycles. The Balaban J connectivity index is 1.75. The minimum Gasteiger partial charge on any atom is -0.355 e. The summed E-state index contributed by atoms with van der Waals surface area (Å²) in [6.07, 6.45) is 1.76. The molecule has 0 aliphatic carbocycles. The van der Waals surface area contributed by atoms with Crippen molar-refractivity contribution in [3.63, 3.8) is 0 Å². The molecule has 0 atom stereocenters. The number of benzene rings is 2. The van der Waals surface area contributed by atoms with Crippen molar-refractivity contribution in [1.29, 1.82) is 0 Å². The molecule has 1 amide bonds. The molecule has 29 heavy (non-hydrogen) atoms. The van der Waals surface area contributed by atoms with Crippen LogP contribution in [0.25, 0.3) is 0 Å². The highest BCUT2D eigenvalue weighted by atomic mass is 32.2. The van der Waals surface area contributed by atoms with Gasteiger partial charge >= 0.3 is 0 Å². The van der Waals surface area contributed by atoms with Crippen molar-refractivity contribution in [3.8, 4) is 0 Å². The van der Waals surface area contributed by atoms with Crippen molar-refractivity contribution in [1.82, 2.24) is 9.62 Å². The van der Waals surface area contributed by atoms with Crippen molar-refractivity contribution >= 4 is 15.9 Å². The first-order chi connectivity index (χ1) is 13.9. The van der Waals surface area contributed by atoms with Crippen LogP contribution >= 0.6 is 0 Å². The van der Waals surface area contributed by atoms with E-state index < -0.39 is 15.4 Å². The Bertz CT molecular complexity index is 934. The largest absolute Gasteiger partial charge is 0.355 e. The number of nitrogens with zero attached hydrogens (tertiary/aromatic N) is 1. The quantitative estimate of drug-likeness (QED) is 0.757. The van der Waals surface area contributed by atoms with E-state index in [2.05, 4.69) is 24.4 Å². The molecule has 1 fully saturated rings. The molecule has 1 aliphatic heterocycles. The van der Waals surface area contributed by atoms with Gasteiger partial charge < -0.3 is 5.32 Å². The van der Waals surface area contributed by atoms with E-state index in [1.807, 2.05) is 42.5 Å². The second-order valence-electron chi connectivity index (χ2n) is 7.68. The molecule has 1 N–H and O–H groups in total. The van der Waals surface area contributed by atoms with Crippen LogP contribution in [0.2, 0.25) is 0 Å². The summed E-state index contributed by atoms with van der Waals surface area (Å²) in [5.74, 6) is 0.0827. The van der Waals surface area contributed by atoms with Gasteiger partial charge in [-0.1, -0.05) is 54.6 Å². The zero-order valence-corrected chi connectivity index (χ0v) is 18.0. The summed E-state index contributed by atoms with van der Waals surface area (Å²) in [5.41, 5.74) is 2.72. The van der Waals surface area contributed by atoms with Crippen molar-refractivity contribution in [2.24, 2.45) is 0 Å². The normalized spacial score (nSPS) is 17.0. The third-order valence-electron chi connectivity index (χ3n) is 6.04. The summed E-state index contributed by atoms with van der Waals surface area (Å²) in [6.45, 7) is 5.04. The van der Waals surface area contributed by atoms with Crippen LogP contribution in [0.15, 0.2) is 54.6 Å². The Hall–Kier alpha value is -2.18. The smallest absolute Gasteiger partial charge is 0.230 e. The Labute approximate surface area is 174 Å². The van der Waals surface area contributed by atoms with Crippen LogP contribution in [0.1, 0.15) is 36.5 Å². The van der Waals surface area contributed by atoms with Gasteiger partial charge in [-0.25, -0.2) is 12.7 Å². The summed E-state index contributed by atoms with van der Waals surface area (Å²) >= 11 is 0. The Morgan fingerprint density at radius 1 is 1.03 bits per heavy atom.